The first-order chi connectivity index (χ1) is 17.3. The lowest BCUT2D eigenvalue weighted by molar-refractivity contribution is 0.667. The Labute approximate surface area is 200 Å². The van der Waals surface area contributed by atoms with Gasteiger partial charge in [0.05, 0.1) is 6.20 Å². The molecule has 0 N–H and O–H groups in total. The Balaban J connectivity index is 1.53. The predicted octanol–water partition coefficient (Wildman–Crippen LogP) is 7.32. The van der Waals surface area contributed by atoms with Crippen LogP contribution in [0.2, 0.25) is 0 Å². The van der Waals surface area contributed by atoms with E-state index >= 15 is 0 Å². The van der Waals surface area contributed by atoms with Crippen LogP contribution in [0.3, 0.4) is 0 Å². The van der Waals surface area contributed by atoms with Gasteiger partial charge in [0.1, 0.15) is 5.58 Å². The Bertz CT molecular complexity index is 1790. The minimum absolute atomic E-state index is 0.562. The topological polar surface area (TPSA) is 64.7 Å². The van der Waals surface area contributed by atoms with Crippen LogP contribution >= 0.6 is 0 Å². The van der Waals surface area contributed by atoms with Gasteiger partial charge in [0.25, 0.3) is 0 Å². The fourth-order valence-electron chi connectivity index (χ4n) is 4.51. The Morgan fingerprint density at radius 3 is 1.74 bits per heavy atom. The molecule has 0 aliphatic rings. The maximum absolute atomic E-state index is 6.22. The van der Waals surface area contributed by atoms with Crippen LogP contribution in [0.25, 0.3) is 66.9 Å². The molecule has 5 nitrogen and oxygen atoms in total. The number of fused-ring (bicyclic) bond motifs is 4. The van der Waals surface area contributed by atoms with Crippen molar-refractivity contribution in [1.29, 1.82) is 0 Å². The molecule has 0 fully saturated rings. The SMILES string of the molecule is c1ccc(-c2nc(-c3ccccc3)nc(-c3cncc4oc5cc6ccccc6cc5c34)n2)cc1. The Morgan fingerprint density at radius 1 is 0.514 bits per heavy atom. The van der Waals surface area contributed by atoms with E-state index in [0.717, 1.165) is 43.8 Å². The lowest BCUT2D eigenvalue weighted by atomic mass is 10.0. The van der Waals surface area contributed by atoms with E-state index in [9.17, 15) is 0 Å². The van der Waals surface area contributed by atoms with Crippen LogP contribution in [0.5, 0.6) is 0 Å². The molecule has 0 aliphatic carbocycles. The first-order valence-corrected chi connectivity index (χ1v) is 11.4. The molecule has 0 spiro atoms. The maximum Gasteiger partial charge on any atom is 0.166 e. The van der Waals surface area contributed by atoms with E-state index in [1.165, 1.54) is 0 Å². The largest absolute Gasteiger partial charge is 0.454 e. The summed E-state index contributed by atoms with van der Waals surface area (Å²) in [6, 6.07) is 32.4. The van der Waals surface area contributed by atoms with E-state index < -0.39 is 0 Å². The van der Waals surface area contributed by atoms with E-state index in [2.05, 4.69) is 29.2 Å². The average Bonchev–Trinajstić information content (AvgIpc) is 3.30. The van der Waals surface area contributed by atoms with Crippen LogP contribution in [0, 0.1) is 0 Å². The van der Waals surface area contributed by atoms with Gasteiger partial charge in [0, 0.05) is 33.7 Å². The number of rotatable bonds is 3. The van der Waals surface area contributed by atoms with Gasteiger partial charge in [-0.05, 0) is 22.9 Å². The van der Waals surface area contributed by atoms with Crippen LogP contribution in [-0.4, -0.2) is 19.9 Å². The lowest BCUT2D eigenvalue weighted by Gasteiger charge is -2.09. The molecule has 7 rings (SSSR count). The molecule has 0 saturated heterocycles. The van der Waals surface area contributed by atoms with Crippen molar-refractivity contribution in [2.24, 2.45) is 0 Å². The summed E-state index contributed by atoms with van der Waals surface area (Å²) in [5.41, 5.74) is 4.19. The number of aromatic nitrogens is 4. The molecular weight excluding hydrogens is 432 g/mol. The number of benzene rings is 4. The van der Waals surface area contributed by atoms with Gasteiger partial charge in [-0.15, -0.1) is 0 Å². The summed E-state index contributed by atoms with van der Waals surface area (Å²) in [5.74, 6) is 1.79. The molecule has 0 amide bonds. The zero-order chi connectivity index (χ0) is 23.2. The molecule has 0 unspecified atom stereocenters. The normalized spacial score (nSPS) is 11.4. The van der Waals surface area contributed by atoms with Crippen molar-refractivity contribution in [3.05, 3.63) is 109 Å². The summed E-state index contributed by atoms with van der Waals surface area (Å²) >= 11 is 0. The molecule has 7 aromatic rings. The van der Waals surface area contributed by atoms with Crippen molar-refractivity contribution in [1.82, 2.24) is 19.9 Å². The van der Waals surface area contributed by atoms with Crippen LogP contribution < -0.4 is 0 Å². The van der Waals surface area contributed by atoms with E-state index in [-0.39, 0.29) is 0 Å². The van der Waals surface area contributed by atoms with Crippen molar-refractivity contribution in [2.45, 2.75) is 0 Å². The van der Waals surface area contributed by atoms with Gasteiger partial charge in [0.15, 0.2) is 23.1 Å². The average molecular weight is 451 g/mol. The fraction of sp³-hybridized carbons (Fsp3) is 0. The summed E-state index contributed by atoms with van der Waals surface area (Å²) in [6.07, 6.45) is 3.56. The Kier molecular flexibility index (Phi) is 4.39. The minimum atomic E-state index is 0.562. The maximum atomic E-state index is 6.22. The third-order valence-electron chi connectivity index (χ3n) is 6.19. The third kappa shape index (κ3) is 3.33. The second-order valence-corrected chi connectivity index (χ2v) is 8.40. The highest BCUT2D eigenvalue weighted by atomic mass is 16.3. The molecule has 0 bridgehead atoms. The third-order valence-corrected chi connectivity index (χ3v) is 6.19. The molecular formula is C30H18N4O. The van der Waals surface area contributed by atoms with Gasteiger partial charge in [-0.1, -0.05) is 84.9 Å². The Morgan fingerprint density at radius 2 is 1.09 bits per heavy atom. The molecule has 35 heavy (non-hydrogen) atoms. The number of nitrogens with zero attached hydrogens (tertiary/aromatic N) is 4. The molecule has 0 saturated carbocycles. The highest BCUT2D eigenvalue weighted by molar-refractivity contribution is 6.14. The molecule has 3 aromatic heterocycles. The van der Waals surface area contributed by atoms with Crippen molar-refractivity contribution in [3.63, 3.8) is 0 Å². The molecule has 0 radical (unpaired) electrons. The number of hydrogen-bond donors (Lipinski definition) is 0. The summed E-state index contributed by atoms with van der Waals surface area (Å²) < 4.78 is 6.22. The van der Waals surface area contributed by atoms with E-state index in [1.54, 1.807) is 6.20 Å². The van der Waals surface area contributed by atoms with Crippen LogP contribution in [0.4, 0.5) is 0 Å². The van der Waals surface area contributed by atoms with Crippen LogP contribution in [0.1, 0.15) is 0 Å². The van der Waals surface area contributed by atoms with Gasteiger partial charge < -0.3 is 4.42 Å². The molecule has 0 aliphatic heterocycles. The first-order valence-electron chi connectivity index (χ1n) is 11.4. The van der Waals surface area contributed by atoms with Crippen molar-refractivity contribution >= 4 is 32.7 Å². The van der Waals surface area contributed by atoms with Crippen molar-refractivity contribution in [2.75, 3.05) is 0 Å². The minimum Gasteiger partial charge on any atom is -0.454 e. The molecule has 164 valence electrons. The zero-order valence-corrected chi connectivity index (χ0v) is 18.6. The number of pyridine rings is 1. The fourth-order valence-corrected chi connectivity index (χ4v) is 4.51. The predicted molar refractivity (Wildman–Crippen MR) is 139 cm³/mol. The number of furan rings is 1. The summed E-state index contributed by atoms with van der Waals surface area (Å²) in [4.78, 5) is 19.1. The zero-order valence-electron chi connectivity index (χ0n) is 18.6. The standard InChI is InChI=1S/C30H18N4O/c1-3-9-19(10-4-1)28-32-29(20-11-5-2-6-12-20)34-30(33-28)24-17-31-18-26-27(24)23-15-21-13-7-8-14-22(21)16-25(23)35-26/h1-18H. The van der Waals surface area contributed by atoms with E-state index in [4.69, 9.17) is 19.4 Å². The summed E-state index contributed by atoms with van der Waals surface area (Å²) in [6.45, 7) is 0. The van der Waals surface area contributed by atoms with Crippen molar-refractivity contribution in [3.8, 4) is 34.2 Å². The molecule has 5 heteroatoms. The summed E-state index contributed by atoms with van der Waals surface area (Å²) in [7, 11) is 0. The smallest absolute Gasteiger partial charge is 0.166 e. The van der Waals surface area contributed by atoms with Gasteiger partial charge in [-0.25, -0.2) is 15.0 Å². The number of hydrogen-bond acceptors (Lipinski definition) is 5. The monoisotopic (exact) mass is 450 g/mol. The molecule has 3 heterocycles. The van der Waals surface area contributed by atoms with Gasteiger partial charge in [-0.3, -0.25) is 4.98 Å². The van der Waals surface area contributed by atoms with Gasteiger partial charge in [0.2, 0.25) is 0 Å². The van der Waals surface area contributed by atoms with Gasteiger partial charge in [-0.2, -0.15) is 0 Å². The highest BCUT2D eigenvalue weighted by Gasteiger charge is 2.18. The Hall–Kier alpha value is -4.90. The lowest BCUT2D eigenvalue weighted by Crippen LogP contribution is -2.00. The van der Waals surface area contributed by atoms with Crippen LogP contribution in [-0.2, 0) is 0 Å². The molecule has 4 aromatic carbocycles. The first kappa shape index (κ1) is 19.6. The van der Waals surface area contributed by atoms with Crippen molar-refractivity contribution < 1.29 is 4.42 Å². The van der Waals surface area contributed by atoms with E-state index in [0.29, 0.717) is 23.1 Å². The second kappa shape index (κ2) is 7.85. The summed E-state index contributed by atoms with van der Waals surface area (Å²) in [5, 5.41) is 4.24. The van der Waals surface area contributed by atoms with E-state index in [1.807, 2.05) is 79.0 Å². The molecule has 0 atom stereocenters. The highest BCUT2D eigenvalue weighted by Crippen LogP contribution is 2.37. The second-order valence-electron chi connectivity index (χ2n) is 8.40. The van der Waals surface area contributed by atoms with Crippen LogP contribution in [0.15, 0.2) is 114 Å². The van der Waals surface area contributed by atoms with Gasteiger partial charge >= 0.3 is 0 Å². The quantitative estimate of drug-likeness (QED) is 0.282.